The number of hydrogen-bond acceptors (Lipinski definition) is 5. The zero-order chi connectivity index (χ0) is 28.8. The van der Waals surface area contributed by atoms with Gasteiger partial charge in [0.1, 0.15) is 17.6 Å². The molecule has 1 unspecified atom stereocenters. The Hall–Kier alpha value is -3.91. The summed E-state index contributed by atoms with van der Waals surface area (Å²) in [7, 11) is 0. The quantitative estimate of drug-likeness (QED) is 0.403. The van der Waals surface area contributed by atoms with E-state index in [0.717, 1.165) is 5.69 Å². The lowest BCUT2D eigenvalue weighted by atomic mass is 9.80. The van der Waals surface area contributed by atoms with Gasteiger partial charge in [0.2, 0.25) is 5.91 Å². The lowest BCUT2D eigenvalue weighted by molar-refractivity contribution is -0.128. The maximum atomic E-state index is 14.9. The second-order valence-electron chi connectivity index (χ2n) is 11.2. The van der Waals surface area contributed by atoms with Crippen LogP contribution in [0.3, 0.4) is 0 Å². The number of benzene rings is 1. The molecule has 3 aromatic rings. The highest BCUT2D eigenvalue weighted by Gasteiger charge is 2.40. The van der Waals surface area contributed by atoms with Crippen molar-refractivity contribution in [3.63, 3.8) is 0 Å². The largest absolute Gasteiger partial charge is 0.350 e. The van der Waals surface area contributed by atoms with Crippen LogP contribution in [0.1, 0.15) is 56.1 Å². The molecular weight excluding hydrogens is 529 g/mol. The summed E-state index contributed by atoms with van der Waals surface area (Å²) in [5, 5.41) is 0.250. The van der Waals surface area contributed by atoms with Gasteiger partial charge in [-0.15, -0.1) is 0 Å². The summed E-state index contributed by atoms with van der Waals surface area (Å²) in [6.07, 6.45) is 3.01. The molecule has 0 aliphatic carbocycles. The number of amides is 2. The van der Waals surface area contributed by atoms with E-state index in [2.05, 4.69) is 16.6 Å². The minimum Gasteiger partial charge on any atom is -0.350 e. The van der Waals surface area contributed by atoms with Crippen LogP contribution in [-0.4, -0.2) is 63.1 Å². The molecule has 4 heterocycles. The van der Waals surface area contributed by atoms with E-state index in [9.17, 15) is 14.0 Å². The van der Waals surface area contributed by atoms with Crippen LogP contribution >= 0.6 is 11.6 Å². The maximum absolute atomic E-state index is 14.9. The molecule has 0 bridgehead atoms. The number of fused-ring (bicyclic) bond motifs is 1. The molecule has 40 heavy (non-hydrogen) atoms. The number of rotatable bonds is 3. The van der Waals surface area contributed by atoms with Gasteiger partial charge in [-0.2, -0.15) is 4.99 Å². The lowest BCUT2D eigenvalue weighted by Gasteiger charge is -2.42. The van der Waals surface area contributed by atoms with Crippen molar-refractivity contribution in [1.82, 2.24) is 19.8 Å². The highest BCUT2D eigenvalue weighted by Crippen LogP contribution is 2.40. The SMILES string of the molecule is C=CC(=O)N1CCN(C2=NC(=O)C(c3cccnc3C(C)(C)C)c3nc(-c4ccccc4F)c(Cl)cc32)[C@@H](C)C1. The Labute approximate surface area is 238 Å². The van der Waals surface area contributed by atoms with Crippen molar-refractivity contribution in [2.24, 2.45) is 4.99 Å². The van der Waals surface area contributed by atoms with Crippen LogP contribution in [0, 0.1) is 5.82 Å². The Balaban J connectivity index is 1.70. The first-order valence-corrected chi connectivity index (χ1v) is 13.6. The van der Waals surface area contributed by atoms with Crippen molar-refractivity contribution < 1.29 is 14.0 Å². The summed E-state index contributed by atoms with van der Waals surface area (Å²) in [5.74, 6) is -1.38. The van der Waals surface area contributed by atoms with Crippen molar-refractivity contribution in [2.75, 3.05) is 19.6 Å². The van der Waals surface area contributed by atoms with Crippen LogP contribution < -0.4 is 0 Å². The van der Waals surface area contributed by atoms with E-state index in [1.165, 1.54) is 12.1 Å². The van der Waals surface area contributed by atoms with E-state index in [0.29, 0.717) is 42.3 Å². The van der Waals surface area contributed by atoms with Crippen molar-refractivity contribution in [3.05, 3.63) is 94.7 Å². The van der Waals surface area contributed by atoms with Crippen molar-refractivity contribution in [1.29, 1.82) is 0 Å². The fraction of sp³-hybridized carbons (Fsp3) is 0.323. The van der Waals surface area contributed by atoms with Gasteiger partial charge in [0, 0.05) is 48.4 Å². The number of amidine groups is 1. The normalized spacial score (nSPS) is 19.2. The fourth-order valence-electron chi connectivity index (χ4n) is 5.47. The predicted octanol–water partition coefficient (Wildman–Crippen LogP) is 5.37. The second-order valence-corrected chi connectivity index (χ2v) is 11.6. The highest BCUT2D eigenvalue weighted by molar-refractivity contribution is 6.33. The molecular formula is C31H31ClFN5O2. The lowest BCUT2D eigenvalue weighted by Crippen LogP contribution is -2.56. The molecule has 2 atom stereocenters. The third-order valence-electron chi connectivity index (χ3n) is 7.36. The Morgan fingerprint density at radius 1 is 1.15 bits per heavy atom. The highest BCUT2D eigenvalue weighted by atomic mass is 35.5. The van der Waals surface area contributed by atoms with E-state index in [1.807, 2.05) is 38.7 Å². The van der Waals surface area contributed by atoms with E-state index < -0.39 is 11.7 Å². The van der Waals surface area contributed by atoms with Crippen LogP contribution in [0.5, 0.6) is 0 Å². The monoisotopic (exact) mass is 559 g/mol. The Bertz CT molecular complexity index is 1550. The number of piperazine rings is 1. The van der Waals surface area contributed by atoms with Crippen LogP contribution in [0.15, 0.2) is 66.3 Å². The predicted molar refractivity (Wildman–Crippen MR) is 154 cm³/mol. The number of aromatic nitrogens is 2. The number of carbonyl (C=O) groups excluding carboxylic acids is 2. The van der Waals surface area contributed by atoms with Crippen LogP contribution in [0.4, 0.5) is 4.39 Å². The third-order valence-corrected chi connectivity index (χ3v) is 7.65. The fourth-order valence-corrected chi connectivity index (χ4v) is 5.72. The summed E-state index contributed by atoms with van der Waals surface area (Å²) in [4.78, 5) is 44.1. The average molecular weight is 560 g/mol. The number of hydrogen-bond donors (Lipinski definition) is 0. The van der Waals surface area contributed by atoms with Gasteiger partial charge in [-0.05, 0) is 42.8 Å². The molecule has 0 spiro atoms. The first-order valence-electron chi connectivity index (χ1n) is 13.2. The molecule has 2 aromatic heterocycles. The summed E-state index contributed by atoms with van der Waals surface area (Å²) in [6, 6.07) is 11.6. The number of halogens is 2. The van der Waals surface area contributed by atoms with E-state index in [-0.39, 0.29) is 39.6 Å². The van der Waals surface area contributed by atoms with Gasteiger partial charge in [0.05, 0.1) is 22.1 Å². The number of pyridine rings is 2. The summed E-state index contributed by atoms with van der Waals surface area (Å²) >= 11 is 6.76. The molecule has 0 saturated carbocycles. The van der Waals surface area contributed by atoms with Gasteiger partial charge in [0.15, 0.2) is 0 Å². The maximum Gasteiger partial charge on any atom is 0.261 e. The number of aliphatic imine (C=N–C) groups is 1. The van der Waals surface area contributed by atoms with Gasteiger partial charge in [0.25, 0.3) is 5.91 Å². The van der Waals surface area contributed by atoms with Crippen molar-refractivity contribution >= 4 is 29.3 Å². The second kappa shape index (κ2) is 10.6. The molecule has 9 heteroatoms. The smallest absolute Gasteiger partial charge is 0.261 e. The van der Waals surface area contributed by atoms with Gasteiger partial charge in [-0.25, -0.2) is 9.37 Å². The first-order chi connectivity index (χ1) is 19.0. The molecule has 1 fully saturated rings. The van der Waals surface area contributed by atoms with Crippen molar-refractivity contribution in [3.8, 4) is 11.3 Å². The van der Waals surface area contributed by atoms with Crippen LogP contribution in [0.25, 0.3) is 11.3 Å². The zero-order valence-electron chi connectivity index (χ0n) is 23.0. The summed E-state index contributed by atoms with van der Waals surface area (Å²) in [5.41, 5.74) is 2.66. The Morgan fingerprint density at radius 3 is 2.58 bits per heavy atom. The molecule has 2 amide bonds. The first kappa shape index (κ1) is 27.6. The topological polar surface area (TPSA) is 78.8 Å². The van der Waals surface area contributed by atoms with E-state index in [1.54, 1.807) is 41.4 Å². The van der Waals surface area contributed by atoms with Gasteiger partial charge in [-0.1, -0.05) is 57.2 Å². The summed E-state index contributed by atoms with van der Waals surface area (Å²) in [6.45, 7) is 13.0. The zero-order valence-corrected chi connectivity index (χ0v) is 23.7. The molecule has 2 aliphatic heterocycles. The van der Waals surface area contributed by atoms with E-state index in [4.69, 9.17) is 16.6 Å². The molecule has 206 valence electrons. The van der Waals surface area contributed by atoms with Gasteiger partial charge in [-0.3, -0.25) is 14.6 Å². The molecule has 1 aromatic carbocycles. The molecule has 0 N–H and O–H groups in total. The number of nitrogens with zero attached hydrogens (tertiary/aromatic N) is 5. The number of carbonyl (C=O) groups is 2. The van der Waals surface area contributed by atoms with Crippen molar-refractivity contribution in [2.45, 2.75) is 45.1 Å². The van der Waals surface area contributed by atoms with E-state index >= 15 is 0 Å². The molecule has 0 radical (unpaired) electrons. The average Bonchev–Trinajstić information content (AvgIpc) is 2.92. The molecule has 2 aliphatic rings. The van der Waals surface area contributed by atoms with Gasteiger partial charge < -0.3 is 9.80 Å². The third kappa shape index (κ3) is 4.92. The van der Waals surface area contributed by atoms with Crippen LogP contribution in [0.2, 0.25) is 5.02 Å². The Kier molecular flexibility index (Phi) is 7.31. The van der Waals surface area contributed by atoms with Gasteiger partial charge >= 0.3 is 0 Å². The standard InChI is InChI=1S/C31H31ClFN5O2/c1-6-24(39)37-14-15-38(18(2)17-37)29-21-16-22(32)26(19-10-7-8-12-23(19)33)35-27(21)25(30(40)36-29)20-11-9-13-34-28(20)31(3,4)5/h6-13,16,18,25H,1,14-15,17H2,2-5H3/t18-,25?/m0/s1. The molecule has 1 saturated heterocycles. The van der Waals surface area contributed by atoms with Crippen LogP contribution in [-0.2, 0) is 15.0 Å². The molecule has 5 rings (SSSR count). The molecule has 7 nitrogen and oxygen atoms in total. The minimum atomic E-state index is -0.844. The Morgan fingerprint density at radius 2 is 1.90 bits per heavy atom. The minimum absolute atomic E-state index is 0.137. The summed E-state index contributed by atoms with van der Waals surface area (Å²) < 4.78 is 14.9.